The van der Waals surface area contributed by atoms with Crippen LogP contribution in [0.1, 0.15) is 47.1 Å². The maximum Gasteiger partial charge on any atom is 0.325 e. The SMILES string of the molecule is CC1CN(C(=O)C(NC(=O)NCC(=O)OCc2ccccc2)C(C)(C)C)C(C)C1C. The number of nitrogens with zero attached hydrogens (tertiary/aromatic N) is 1. The number of hydrogen-bond donors (Lipinski definition) is 2. The number of ether oxygens (including phenoxy) is 1. The largest absolute Gasteiger partial charge is 0.460 e. The lowest BCUT2D eigenvalue weighted by Gasteiger charge is -2.35. The molecule has 3 amide bonds. The lowest BCUT2D eigenvalue weighted by molar-refractivity contribution is -0.143. The Balaban J connectivity index is 1.89. The van der Waals surface area contributed by atoms with Gasteiger partial charge in [0.05, 0.1) is 0 Å². The Morgan fingerprint density at radius 1 is 1.13 bits per heavy atom. The standard InChI is InChI=1S/C23H35N3O4/c1-15-13-26(17(3)16(15)2)21(28)20(23(4,5)6)25-22(29)24-12-19(27)30-14-18-10-8-7-9-11-18/h7-11,15-17,20H,12-14H2,1-6H3,(H2,24,25,29). The smallest absolute Gasteiger partial charge is 0.325 e. The van der Waals surface area contributed by atoms with Crippen LogP contribution in [0.5, 0.6) is 0 Å². The van der Waals surface area contributed by atoms with Gasteiger partial charge >= 0.3 is 12.0 Å². The van der Waals surface area contributed by atoms with E-state index in [1.165, 1.54) is 0 Å². The van der Waals surface area contributed by atoms with Crippen molar-refractivity contribution in [2.45, 2.75) is 60.2 Å². The lowest BCUT2D eigenvalue weighted by Crippen LogP contribution is -2.57. The summed E-state index contributed by atoms with van der Waals surface area (Å²) in [6.45, 7) is 12.6. The third kappa shape index (κ3) is 6.21. The van der Waals surface area contributed by atoms with Crippen LogP contribution in [0.25, 0.3) is 0 Å². The molecule has 1 aliphatic rings. The minimum atomic E-state index is -0.696. The fourth-order valence-electron chi connectivity index (χ4n) is 3.63. The number of hydrogen-bond acceptors (Lipinski definition) is 4. The first-order valence-corrected chi connectivity index (χ1v) is 10.5. The first-order chi connectivity index (χ1) is 14.0. The van der Waals surface area contributed by atoms with Gasteiger partial charge in [-0.2, -0.15) is 0 Å². The predicted octanol–water partition coefficient (Wildman–Crippen LogP) is 2.95. The molecule has 1 aliphatic heterocycles. The normalized spacial score (nSPS) is 22.3. The van der Waals surface area contributed by atoms with Gasteiger partial charge in [-0.05, 0) is 29.7 Å². The van der Waals surface area contributed by atoms with Crippen molar-refractivity contribution in [3.63, 3.8) is 0 Å². The van der Waals surface area contributed by atoms with E-state index in [1.54, 1.807) is 0 Å². The number of carbonyl (C=O) groups is 3. The maximum atomic E-state index is 13.2. The second-order valence-corrected chi connectivity index (χ2v) is 9.34. The molecule has 30 heavy (non-hydrogen) atoms. The van der Waals surface area contributed by atoms with Gasteiger partial charge in [-0.1, -0.05) is 65.0 Å². The van der Waals surface area contributed by atoms with Crippen LogP contribution in [0.15, 0.2) is 30.3 Å². The van der Waals surface area contributed by atoms with E-state index < -0.39 is 23.5 Å². The molecule has 0 bridgehead atoms. The number of carbonyl (C=O) groups excluding carboxylic acids is 3. The molecule has 0 spiro atoms. The summed E-state index contributed by atoms with van der Waals surface area (Å²) in [6, 6.07) is 8.18. The Kier molecular flexibility index (Phi) is 7.87. The zero-order chi connectivity index (χ0) is 22.5. The van der Waals surface area contributed by atoms with Crippen molar-refractivity contribution in [2.75, 3.05) is 13.1 Å². The molecule has 0 aromatic heterocycles. The molecule has 1 aromatic carbocycles. The van der Waals surface area contributed by atoms with Crippen LogP contribution in [0.3, 0.4) is 0 Å². The van der Waals surface area contributed by atoms with E-state index in [9.17, 15) is 14.4 Å². The van der Waals surface area contributed by atoms with E-state index in [-0.39, 0.29) is 25.1 Å². The van der Waals surface area contributed by atoms with E-state index in [0.717, 1.165) is 5.56 Å². The van der Waals surface area contributed by atoms with Crippen LogP contribution in [0.2, 0.25) is 0 Å². The van der Waals surface area contributed by atoms with E-state index in [0.29, 0.717) is 18.4 Å². The van der Waals surface area contributed by atoms with Crippen LogP contribution in [-0.2, 0) is 20.9 Å². The zero-order valence-electron chi connectivity index (χ0n) is 18.9. The predicted molar refractivity (Wildman–Crippen MR) is 116 cm³/mol. The van der Waals surface area contributed by atoms with Gasteiger partial charge in [-0.3, -0.25) is 9.59 Å². The number of amides is 3. The second kappa shape index (κ2) is 9.96. The monoisotopic (exact) mass is 417 g/mol. The van der Waals surface area contributed by atoms with Crippen molar-refractivity contribution in [2.24, 2.45) is 17.3 Å². The molecule has 2 N–H and O–H groups in total. The number of likely N-dealkylation sites (tertiary alicyclic amines) is 1. The van der Waals surface area contributed by atoms with Crippen molar-refractivity contribution in [3.8, 4) is 0 Å². The van der Waals surface area contributed by atoms with Crippen molar-refractivity contribution in [1.29, 1.82) is 0 Å². The van der Waals surface area contributed by atoms with Crippen molar-refractivity contribution >= 4 is 17.9 Å². The zero-order valence-corrected chi connectivity index (χ0v) is 18.9. The van der Waals surface area contributed by atoms with Gasteiger partial charge in [0.15, 0.2) is 0 Å². The first-order valence-electron chi connectivity index (χ1n) is 10.5. The molecular weight excluding hydrogens is 382 g/mol. The third-order valence-electron chi connectivity index (χ3n) is 5.94. The minimum Gasteiger partial charge on any atom is -0.460 e. The van der Waals surface area contributed by atoms with Crippen LogP contribution in [-0.4, -0.2) is 48.0 Å². The number of benzene rings is 1. The Morgan fingerprint density at radius 2 is 1.77 bits per heavy atom. The highest BCUT2D eigenvalue weighted by Gasteiger charge is 2.42. The Labute approximate surface area is 179 Å². The van der Waals surface area contributed by atoms with Crippen molar-refractivity contribution in [3.05, 3.63) is 35.9 Å². The molecule has 4 atom stereocenters. The highest BCUT2D eigenvalue weighted by Crippen LogP contribution is 2.31. The molecule has 7 heteroatoms. The summed E-state index contributed by atoms with van der Waals surface area (Å²) in [6.07, 6.45) is 0. The van der Waals surface area contributed by atoms with Crippen LogP contribution in [0, 0.1) is 17.3 Å². The molecule has 166 valence electrons. The Morgan fingerprint density at radius 3 is 2.30 bits per heavy atom. The van der Waals surface area contributed by atoms with Gasteiger partial charge in [-0.25, -0.2) is 4.79 Å². The molecule has 1 heterocycles. The highest BCUT2D eigenvalue weighted by atomic mass is 16.5. The fourth-order valence-corrected chi connectivity index (χ4v) is 3.63. The average Bonchev–Trinajstić information content (AvgIpc) is 2.95. The lowest BCUT2D eigenvalue weighted by atomic mass is 9.85. The molecular formula is C23H35N3O4. The molecule has 0 radical (unpaired) electrons. The molecule has 1 saturated heterocycles. The van der Waals surface area contributed by atoms with Gasteiger partial charge in [0, 0.05) is 12.6 Å². The number of rotatable bonds is 6. The summed E-state index contributed by atoms with van der Waals surface area (Å²) >= 11 is 0. The van der Waals surface area contributed by atoms with Gasteiger partial charge < -0.3 is 20.3 Å². The van der Waals surface area contributed by atoms with E-state index in [2.05, 4.69) is 31.4 Å². The summed E-state index contributed by atoms with van der Waals surface area (Å²) < 4.78 is 5.16. The first kappa shape index (κ1) is 23.7. The quantitative estimate of drug-likeness (QED) is 0.697. The molecule has 7 nitrogen and oxygen atoms in total. The summed E-state index contributed by atoms with van der Waals surface area (Å²) in [5.74, 6) is 0.192. The van der Waals surface area contributed by atoms with Crippen LogP contribution >= 0.6 is 0 Å². The van der Waals surface area contributed by atoms with E-state index in [1.807, 2.05) is 56.0 Å². The van der Waals surface area contributed by atoms with E-state index in [4.69, 9.17) is 4.74 Å². The van der Waals surface area contributed by atoms with Gasteiger partial charge in [0.25, 0.3) is 0 Å². The summed E-state index contributed by atoms with van der Waals surface area (Å²) in [5.41, 5.74) is 0.397. The molecule has 0 aliphatic carbocycles. The third-order valence-corrected chi connectivity index (χ3v) is 5.94. The second-order valence-electron chi connectivity index (χ2n) is 9.34. The molecule has 1 aromatic rings. The Bertz CT molecular complexity index is 745. The van der Waals surface area contributed by atoms with Gasteiger partial charge in [0.1, 0.15) is 19.2 Å². The Hall–Kier alpha value is -2.57. The van der Waals surface area contributed by atoms with Crippen LogP contribution in [0.4, 0.5) is 4.79 Å². The van der Waals surface area contributed by atoms with Crippen molar-refractivity contribution < 1.29 is 19.1 Å². The average molecular weight is 418 g/mol. The molecule has 1 fully saturated rings. The number of nitrogens with one attached hydrogen (secondary N) is 2. The van der Waals surface area contributed by atoms with E-state index >= 15 is 0 Å². The molecule has 4 unspecified atom stereocenters. The fraction of sp³-hybridized carbons (Fsp3) is 0.609. The highest BCUT2D eigenvalue weighted by molar-refractivity contribution is 5.89. The van der Waals surface area contributed by atoms with Crippen molar-refractivity contribution in [1.82, 2.24) is 15.5 Å². The number of esters is 1. The number of urea groups is 1. The maximum absolute atomic E-state index is 13.2. The van der Waals surface area contributed by atoms with Gasteiger partial charge in [0.2, 0.25) is 5.91 Å². The van der Waals surface area contributed by atoms with Gasteiger partial charge in [-0.15, -0.1) is 0 Å². The molecule has 0 saturated carbocycles. The summed E-state index contributed by atoms with van der Waals surface area (Å²) in [7, 11) is 0. The molecule has 2 rings (SSSR count). The minimum absolute atomic E-state index is 0.0898. The topological polar surface area (TPSA) is 87.7 Å². The summed E-state index contributed by atoms with van der Waals surface area (Å²) in [5, 5.41) is 5.26. The van der Waals surface area contributed by atoms with Crippen LogP contribution < -0.4 is 10.6 Å². The summed E-state index contributed by atoms with van der Waals surface area (Å²) in [4.78, 5) is 39.4.